The maximum absolute atomic E-state index is 13.8. The first-order chi connectivity index (χ1) is 14.3. The number of carbonyl (C=O) groups is 1. The van der Waals surface area contributed by atoms with E-state index in [1.807, 2.05) is 6.26 Å². The molecule has 0 bridgehead atoms. The summed E-state index contributed by atoms with van der Waals surface area (Å²) in [6, 6.07) is 16.6. The van der Waals surface area contributed by atoms with Gasteiger partial charge in [0, 0.05) is 4.90 Å². The molecule has 0 heterocycles. The second-order valence-electron chi connectivity index (χ2n) is 6.20. The molecule has 9 heteroatoms. The summed E-state index contributed by atoms with van der Waals surface area (Å²) < 4.78 is 54.9. The highest BCUT2D eigenvalue weighted by Crippen LogP contribution is 2.26. The number of rotatable bonds is 7. The summed E-state index contributed by atoms with van der Waals surface area (Å²) in [7, 11) is -4.19. The fourth-order valence-corrected chi connectivity index (χ4v) is 4.53. The Morgan fingerprint density at radius 2 is 1.70 bits per heavy atom. The quantitative estimate of drug-likeness (QED) is 0.540. The zero-order valence-electron chi connectivity index (χ0n) is 15.9. The van der Waals surface area contributed by atoms with Crippen molar-refractivity contribution >= 4 is 39.1 Å². The zero-order chi connectivity index (χ0) is 21.7. The van der Waals surface area contributed by atoms with Gasteiger partial charge in [-0.15, -0.1) is 11.8 Å². The van der Waals surface area contributed by atoms with Crippen molar-refractivity contribution in [3.8, 4) is 0 Å². The average Bonchev–Trinajstić information content (AvgIpc) is 2.73. The van der Waals surface area contributed by atoms with Crippen LogP contribution in [0, 0.1) is 11.6 Å². The molecule has 0 saturated carbocycles. The van der Waals surface area contributed by atoms with Gasteiger partial charge in [0.15, 0.2) is 0 Å². The first-order valence-corrected chi connectivity index (χ1v) is 11.4. The molecule has 3 aromatic carbocycles. The average molecular weight is 449 g/mol. The molecule has 0 aliphatic carbocycles. The van der Waals surface area contributed by atoms with Crippen LogP contribution < -0.4 is 9.62 Å². The summed E-state index contributed by atoms with van der Waals surface area (Å²) in [6.45, 7) is -0.662. The van der Waals surface area contributed by atoms with E-state index in [-0.39, 0.29) is 16.3 Å². The van der Waals surface area contributed by atoms with E-state index in [1.54, 1.807) is 12.1 Å². The monoisotopic (exact) mass is 448 g/mol. The van der Waals surface area contributed by atoms with Crippen LogP contribution in [0.2, 0.25) is 0 Å². The Morgan fingerprint density at radius 3 is 2.33 bits per heavy atom. The van der Waals surface area contributed by atoms with Gasteiger partial charge in [0.05, 0.1) is 16.3 Å². The van der Waals surface area contributed by atoms with Gasteiger partial charge < -0.3 is 5.32 Å². The van der Waals surface area contributed by atoms with E-state index in [0.29, 0.717) is 0 Å². The van der Waals surface area contributed by atoms with Gasteiger partial charge in [-0.3, -0.25) is 9.10 Å². The summed E-state index contributed by atoms with van der Waals surface area (Å²) in [5, 5.41) is 2.35. The van der Waals surface area contributed by atoms with Crippen LogP contribution >= 0.6 is 11.8 Å². The number of halogens is 2. The predicted molar refractivity (Wildman–Crippen MR) is 114 cm³/mol. The summed E-state index contributed by atoms with van der Waals surface area (Å²) >= 11 is 1.45. The van der Waals surface area contributed by atoms with Crippen LogP contribution in [0.25, 0.3) is 0 Å². The highest BCUT2D eigenvalue weighted by molar-refractivity contribution is 7.98. The molecule has 1 amide bonds. The van der Waals surface area contributed by atoms with E-state index >= 15 is 0 Å². The topological polar surface area (TPSA) is 66.5 Å². The lowest BCUT2D eigenvalue weighted by Crippen LogP contribution is -2.38. The number of anilines is 2. The second-order valence-corrected chi connectivity index (χ2v) is 8.94. The zero-order valence-corrected chi connectivity index (χ0v) is 17.5. The molecule has 0 radical (unpaired) electrons. The SMILES string of the molecule is CSc1ccc(S(=O)(=O)N(CC(=O)Nc2ccccc2F)c2cccc(F)c2)cc1. The number of carbonyl (C=O) groups excluding carboxylic acids is 1. The van der Waals surface area contributed by atoms with E-state index in [2.05, 4.69) is 5.32 Å². The van der Waals surface area contributed by atoms with Crippen LogP contribution in [0.5, 0.6) is 0 Å². The Labute approximate surface area is 177 Å². The minimum absolute atomic E-state index is 0.0207. The van der Waals surface area contributed by atoms with Gasteiger partial charge >= 0.3 is 0 Å². The summed E-state index contributed by atoms with van der Waals surface area (Å²) in [4.78, 5) is 13.3. The summed E-state index contributed by atoms with van der Waals surface area (Å²) in [5.41, 5.74) is -0.101. The summed E-state index contributed by atoms with van der Waals surface area (Å²) in [6.07, 6.45) is 1.86. The first-order valence-electron chi connectivity index (χ1n) is 8.78. The first kappa shape index (κ1) is 21.8. The number of nitrogens with zero attached hydrogens (tertiary/aromatic N) is 1. The minimum Gasteiger partial charge on any atom is -0.322 e. The Hall–Kier alpha value is -2.91. The fraction of sp³-hybridized carbons (Fsp3) is 0.0952. The molecular weight excluding hydrogens is 430 g/mol. The summed E-state index contributed by atoms with van der Waals surface area (Å²) in [5.74, 6) is -2.08. The van der Waals surface area contributed by atoms with Crippen molar-refractivity contribution in [3.63, 3.8) is 0 Å². The lowest BCUT2D eigenvalue weighted by Gasteiger charge is -2.24. The molecule has 0 atom stereocenters. The number of para-hydroxylation sites is 1. The number of sulfonamides is 1. The van der Waals surface area contributed by atoms with Crippen molar-refractivity contribution in [2.45, 2.75) is 9.79 Å². The van der Waals surface area contributed by atoms with Crippen molar-refractivity contribution < 1.29 is 22.0 Å². The van der Waals surface area contributed by atoms with Crippen LogP contribution in [0.3, 0.4) is 0 Å². The van der Waals surface area contributed by atoms with Gasteiger partial charge in [0.2, 0.25) is 5.91 Å². The fourth-order valence-electron chi connectivity index (χ4n) is 2.70. The molecule has 0 saturated heterocycles. The van der Waals surface area contributed by atoms with Crippen molar-refractivity contribution in [1.82, 2.24) is 0 Å². The van der Waals surface area contributed by atoms with Crippen LogP contribution in [0.1, 0.15) is 0 Å². The number of benzene rings is 3. The van der Waals surface area contributed by atoms with Gasteiger partial charge in [-0.2, -0.15) is 0 Å². The Bertz CT molecular complexity index is 1150. The third-order valence-electron chi connectivity index (χ3n) is 4.18. The minimum atomic E-state index is -4.19. The molecule has 0 aliphatic rings. The Morgan fingerprint density at radius 1 is 1.00 bits per heavy atom. The van der Waals surface area contributed by atoms with Crippen LogP contribution in [0.4, 0.5) is 20.2 Å². The van der Waals surface area contributed by atoms with Crippen molar-refractivity contribution in [1.29, 1.82) is 0 Å². The van der Waals surface area contributed by atoms with Gasteiger partial charge in [-0.05, 0) is 60.9 Å². The number of amides is 1. The molecule has 3 aromatic rings. The molecule has 0 fully saturated rings. The van der Waals surface area contributed by atoms with E-state index in [9.17, 15) is 22.0 Å². The van der Waals surface area contributed by atoms with Crippen molar-refractivity contribution in [2.24, 2.45) is 0 Å². The van der Waals surface area contributed by atoms with E-state index in [1.165, 1.54) is 66.4 Å². The van der Waals surface area contributed by atoms with E-state index in [0.717, 1.165) is 15.3 Å². The van der Waals surface area contributed by atoms with Crippen molar-refractivity contribution in [2.75, 3.05) is 22.4 Å². The maximum atomic E-state index is 13.8. The van der Waals surface area contributed by atoms with Gasteiger partial charge in [-0.1, -0.05) is 18.2 Å². The third-order valence-corrected chi connectivity index (χ3v) is 6.71. The molecule has 156 valence electrons. The van der Waals surface area contributed by atoms with Gasteiger partial charge in [0.25, 0.3) is 10.0 Å². The highest BCUT2D eigenvalue weighted by Gasteiger charge is 2.27. The van der Waals surface area contributed by atoms with Gasteiger partial charge in [0.1, 0.15) is 18.2 Å². The molecule has 30 heavy (non-hydrogen) atoms. The number of thioether (sulfide) groups is 1. The van der Waals surface area contributed by atoms with Crippen LogP contribution in [-0.2, 0) is 14.8 Å². The van der Waals surface area contributed by atoms with E-state index in [4.69, 9.17) is 0 Å². The molecular formula is C21H18F2N2O3S2. The molecule has 0 aliphatic heterocycles. The molecule has 5 nitrogen and oxygen atoms in total. The lowest BCUT2D eigenvalue weighted by molar-refractivity contribution is -0.114. The second kappa shape index (κ2) is 9.27. The number of nitrogens with one attached hydrogen (secondary N) is 1. The normalized spacial score (nSPS) is 11.2. The standard InChI is InChI=1S/C21H18F2N2O3S2/c1-29-17-9-11-18(12-10-17)30(27,28)25(16-6-4-5-15(22)13-16)14-21(26)24-20-8-3-2-7-19(20)23/h2-13H,14H2,1H3,(H,24,26). The molecule has 0 spiro atoms. The maximum Gasteiger partial charge on any atom is 0.264 e. The smallest absolute Gasteiger partial charge is 0.264 e. The largest absolute Gasteiger partial charge is 0.322 e. The number of hydrogen-bond donors (Lipinski definition) is 1. The lowest BCUT2D eigenvalue weighted by atomic mass is 10.3. The van der Waals surface area contributed by atoms with E-state index < -0.39 is 34.1 Å². The Balaban J connectivity index is 1.96. The predicted octanol–water partition coefficient (Wildman–Crippen LogP) is 4.52. The molecule has 3 rings (SSSR count). The third kappa shape index (κ3) is 4.98. The molecule has 1 N–H and O–H groups in total. The van der Waals surface area contributed by atoms with Crippen LogP contribution in [0.15, 0.2) is 82.6 Å². The molecule has 0 aromatic heterocycles. The number of hydrogen-bond acceptors (Lipinski definition) is 4. The van der Waals surface area contributed by atoms with Crippen molar-refractivity contribution in [3.05, 3.63) is 84.4 Å². The highest BCUT2D eigenvalue weighted by atomic mass is 32.2. The molecule has 0 unspecified atom stereocenters. The Kier molecular flexibility index (Phi) is 6.73. The van der Waals surface area contributed by atoms with Gasteiger partial charge in [-0.25, -0.2) is 17.2 Å². The van der Waals surface area contributed by atoms with Crippen LogP contribution in [-0.4, -0.2) is 27.1 Å².